The van der Waals surface area contributed by atoms with Crippen molar-refractivity contribution in [3.8, 4) is 0 Å². The Bertz CT molecular complexity index is 912. The monoisotopic (exact) mass is 435 g/mol. The summed E-state index contributed by atoms with van der Waals surface area (Å²) in [5, 5.41) is 5.82. The van der Waals surface area contributed by atoms with Crippen molar-refractivity contribution in [2.45, 2.75) is 64.0 Å². The molecule has 0 aromatic heterocycles. The fourth-order valence-corrected chi connectivity index (χ4v) is 4.46. The van der Waals surface area contributed by atoms with Gasteiger partial charge >= 0.3 is 0 Å². The maximum atomic E-state index is 13.2. The minimum atomic E-state index is -0.833. The van der Waals surface area contributed by atoms with E-state index in [1.54, 1.807) is 12.1 Å². The molecule has 1 aliphatic carbocycles. The van der Waals surface area contributed by atoms with Crippen LogP contribution in [0, 0.1) is 5.92 Å². The van der Waals surface area contributed by atoms with E-state index in [0.717, 1.165) is 43.2 Å². The van der Waals surface area contributed by atoms with Gasteiger partial charge in [0.1, 0.15) is 6.04 Å². The molecule has 0 radical (unpaired) electrons. The summed E-state index contributed by atoms with van der Waals surface area (Å²) in [5.41, 5.74) is 8.43. The minimum Gasteiger partial charge on any atom is -0.368 e. The normalized spacial score (nSPS) is 19.0. The van der Waals surface area contributed by atoms with Crippen molar-refractivity contribution in [1.82, 2.24) is 10.6 Å². The lowest BCUT2D eigenvalue weighted by molar-refractivity contribution is -0.131. The molecule has 3 amide bonds. The molecule has 2 aromatic carbocycles. The molecule has 32 heavy (non-hydrogen) atoms. The lowest BCUT2D eigenvalue weighted by Gasteiger charge is -2.32. The highest BCUT2D eigenvalue weighted by Gasteiger charge is 2.34. The number of nitrogens with one attached hydrogen (secondary N) is 2. The van der Waals surface area contributed by atoms with Crippen molar-refractivity contribution in [3.63, 3.8) is 0 Å². The van der Waals surface area contributed by atoms with E-state index in [1.165, 1.54) is 0 Å². The number of hydrogen-bond donors (Lipinski definition) is 3. The number of hydrogen-bond acceptors (Lipinski definition) is 3. The van der Waals surface area contributed by atoms with Crippen LogP contribution in [0.2, 0.25) is 0 Å². The zero-order valence-electron chi connectivity index (χ0n) is 18.7. The largest absolute Gasteiger partial charge is 0.368 e. The summed E-state index contributed by atoms with van der Waals surface area (Å²) in [6.07, 6.45) is 5.13. The van der Waals surface area contributed by atoms with Gasteiger partial charge in [0.25, 0.3) is 0 Å². The molecule has 3 atom stereocenters. The second kappa shape index (κ2) is 11.5. The summed E-state index contributed by atoms with van der Waals surface area (Å²) >= 11 is 0. The molecule has 0 spiro atoms. The third kappa shape index (κ3) is 6.19. The number of carbonyl (C=O) groups is 3. The molecular weight excluding hydrogens is 402 g/mol. The van der Waals surface area contributed by atoms with Gasteiger partial charge < -0.3 is 16.4 Å². The van der Waals surface area contributed by atoms with E-state index < -0.39 is 11.9 Å². The Morgan fingerprint density at radius 3 is 2.34 bits per heavy atom. The van der Waals surface area contributed by atoms with Crippen molar-refractivity contribution < 1.29 is 14.4 Å². The Balaban J connectivity index is 1.69. The molecule has 170 valence electrons. The highest BCUT2D eigenvalue weighted by Crippen LogP contribution is 2.38. The number of benzene rings is 2. The van der Waals surface area contributed by atoms with E-state index >= 15 is 0 Å². The summed E-state index contributed by atoms with van der Waals surface area (Å²) < 4.78 is 0. The van der Waals surface area contributed by atoms with Crippen LogP contribution in [0.1, 0.15) is 74.1 Å². The van der Waals surface area contributed by atoms with Crippen molar-refractivity contribution in [2.24, 2.45) is 11.7 Å². The zero-order chi connectivity index (χ0) is 22.9. The number of rotatable bonds is 9. The van der Waals surface area contributed by atoms with Gasteiger partial charge in [-0.15, -0.1) is 0 Å². The fourth-order valence-electron chi connectivity index (χ4n) is 4.46. The van der Waals surface area contributed by atoms with Crippen LogP contribution < -0.4 is 16.4 Å². The van der Waals surface area contributed by atoms with Crippen LogP contribution >= 0.6 is 0 Å². The van der Waals surface area contributed by atoms with Gasteiger partial charge in [-0.2, -0.15) is 0 Å². The number of amides is 3. The van der Waals surface area contributed by atoms with E-state index in [4.69, 9.17) is 5.73 Å². The van der Waals surface area contributed by atoms with E-state index in [0.29, 0.717) is 18.5 Å². The summed E-state index contributed by atoms with van der Waals surface area (Å²) in [7, 11) is 0. The van der Waals surface area contributed by atoms with Crippen LogP contribution in [0.3, 0.4) is 0 Å². The quantitative estimate of drug-likeness (QED) is 0.559. The fraction of sp³-hybridized carbons (Fsp3) is 0.423. The molecule has 0 aliphatic heterocycles. The molecular formula is C26H33N3O3. The van der Waals surface area contributed by atoms with Crippen LogP contribution in [-0.2, 0) is 20.9 Å². The SMILES string of the molecule is CCCC(=O)NCc1ccc(C2CCCCC2C(=O)N[C@H](C(N)=O)c2ccccc2)cc1. The van der Waals surface area contributed by atoms with Crippen molar-refractivity contribution >= 4 is 17.7 Å². The maximum absolute atomic E-state index is 13.2. The predicted molar refractivity (Wildman–Crippen MR) is 124 cm³/mol. The Kier molecular flexibility index (Phi) is 8.42. The Hall–Kier alpha value is -3.15. The van der Waals surface area contributed by atoms with Crippen LogP contribution in [0.25, 0.3) is 0 Å². The van der Waals surface area contributed by atoms with E-state index in [2.05, 4.69) is 22.8 Å². The van der Waals surface area contributed by atoms with Crippen LogP contribution in [0.15, 0.2) is 54.6 Å². The summed E-state index contributed by atoms with van der Waals surface area (Å²) in [6, 6.07) is 16.4. The number of primary amides is 1. The summed E-state index contributed by atoms with van der Waals surface area (Å²) in [5.74, 6) is -0.742. The summed E-state index contributed by atoms with van der Waals surface area (Å²) in [6.45, 7) is 2.49. The lowest BCUT2D eigenvalue weighted by atomic mass is 9.74. The van der Waals surface area contributed by atoms with Gasteiger partial charge in [-0.05, 0) is 41.9 Å². The average Bonchev–Trinajstić information content (AvgIpc) is 2.82. The van der Waals surface area contributed by atoms with Gasteiger partial charge in [-0.25, -0.2) is 0 Å². The van der Waals surface area contributed by atoms with Gasteiger partial charge in [0, 0.05) is 18.9 Å². The molecule has 0 bridgehead atoms. The van der Waals surface area contributed by atoms with Crippen LogP contribution in [0.4, 0.5) is 0 Å². The van der Waals surface area contributed by atoms with Gasteiger partial charge in [0.05, 0.1) is 0 Å². The predicted octanol–water partition coefficient (Wildman–Crippen LogP) is 3.72. The number of nitrogens with two attached hydrogens (primary N) is 1. The lowest BCUT2D eigenvalue weighted by Crippen LogP contribution is -2.42. The molecule has 2 aromatic rings. The molecule has 2 unspecified atom stereocenters. The van der Waals surface area contributed by atoms with Gasteiger partial charge in [0.2, 0.25) is 17.7 Å². The van der Waals surface area contributed by atoms with E-state index in [9.17, 15) is 14.4 Å². The van der Waals surface area contributed by atoms with Crippen molar-refractivity contribution in [3.05, 3.63) is 71.3 Å². The third-order valence-electron chi connectivity index (χ3n) is 6.18. The average molecular weight is 436 g/mol. The first-order valence-corrected chi connectivity index (χ1v) is 11.5. The molecule has 0 saturated heterocycles. The molecule has 6 nitrogen and oxygen atoms in total. The molecule has 1 fully saturated rings. The first-order chi connectivity index (χ1) is 15.5. The maximum Gasteiger partial charge on any atom is 0.244 e. The van der Waals surface area contributed by atoms with E-state index in [1.807, 2.05) is 37.3 Å². The van der Waals surface area contributed by atoms with Crippen molar-refractivity contribution in [1.29, 1.82) is 0 Å². The van der Waals surface area contributed by atoms with Gasteiger partial charge in [-0.3, -0.25) is 14.4 Å². The molecule has 6 heteroatoms. The zero-order valence-corrected chi connectivity index (χ0v) is 18.7. The molecule has 0 heterocycles. The highest BCUT2D eigenvalue weighted by molar-refractivity contribution is 5.89. The first-order valence-electron chi connectivity index (χ1n) is 11.5. The molecule has 3 rings (SSSR count). The third-order valence-corrected chi connectivity index (χ3v) is 6.18. The molecule has 4 N–H and O–H groups in total. The smallest absolute Gasteiger partial charge is 0.244 e. The second-order valence-corrected chi connectivity index (χ2v) is 8.52. The van der Waals surface area contributed by atoms with Crippen molar-refractivity contribution in [2.75, 3.05) is 0 Å². The van der Waals surface area contributed by atoms with Gasteiger partial charge in [0.15, 0.2) is 0 Å². The standard InChI is InChI=1S/C26H33N3O3/c1-2-8-23(30)28-17-18-13-15-19(16-14-18)21-11-6-7-12-22(21)26(32)29-24(25(27)31)20-9-4-3-5-10-20/h3-5,9-10,13-16,21-22,24H,2,6-8,11-12,17H2,1H3,(H2,27,31)(H,28,30)(H,29,32)/t21?,22?,24-/m0/s1. The van der Waals surface area contributed by atoms with Crippen LogP contribution in [-0.4, -0.2) is 17.7 Å². The van der Waals surface area contributed by atoms with E-state index in [-0.39, 0.29) is 23.7 Å². The topological polar surface area (TPSA) is 101 Å². The number of carbonyl (C=O) groups excluding carboxylic acids is 3. The van der Waals surface area contributed by atoms with Crippen LogP contribution in [0.5, 0.6) is 0 Å². The molecule has 1 aliphatic rings. The highest BCUT2D eigenvalue weighted by atomic mass is 16.2. The second-order valence-electron chi connectivity index (χ2n) is 8.52. The Labute approximate surface area is 190 Å². The first kappa shape index (κ1) is 23.5. The molecule has 1 saturated carbocycles. The Morgan fingerprint density at radius 1 is 1.00 bits per heavy atom. The minimum absolute atomic E-state index is 0.0583. The van der Waals surface area contributed by atoms with Gasteiger partial charge in [-0.1, -0.05) is 74.4 Å². The Morgan fingerprint density at radius 2 is 1.69 bits per heavy atom. The summed E-state index contributed by atoms with van der Waals surface area (Å²) in [4.78, 5) is 36.9.